The molecule has 0 aliphatic carbocycles. The highest BCUT2D eigenvalue weighted by Gasteiger charge is 2.11. The molecule has 4 nitrogen and oxygen atoms in total. The third kappa shape index (κ3) is 4.29. The molecule has 2 N–H and O–H groups in total. The van der Waals surface area contributed by atoms with Gasteiger partial charge in [-0.05, 0) is 11.6 Å². The van der Waals surface area contributed by atoms with Crippen molar-refractivity contribution in [3.8, 4) is 5.75 Å². The Hall–Kier alpha value is -2.40. The number of carbonyl (C=O) groups excluding carboxylic acids is 1. The summed E-state index contributed by atoms with van der Waals surface area (Å²) in [7, 11) is 0. The molecule has 0 radical (unpaired) electrons. The van der Waals surface area contributed by atoms with E-state index in [2.05, 4.69) is 5.32 Å². The smallest absolute Gasteiger partial charge is 0.258 e. The second-order valence-electron chi connectivity index (χ2n) is 4.44. The van der Waals surface area contributed by atoms with E-state index >= 15 is 0 Å². The molecule has 0 bridgehead atoms. The van der Waals surface area contributed by atoms with Crippen molar-refractivity contribution in [3.63, 3.8) is 0 Å². The lowest BCUT2D eigenvalue weighted by Crippen LogP contribution is -2.28. The minimum atomic E-state index is -0.600. The molecular weight excluding hydrogens is 273 g/mol. The normalized spacial score (nSPS) is 10.2. The summed E-state index contributed by atoms with van der Waals surface area (Å²) >= 11 is 0. The van der Waals surface area contributed by atoms with Crippen LogP contribution in [-0.2, 0) is 17.9 Å². The van der Waals surface area contributed by atoms with Crippen LogP contribution < -0.4 is 10.1 Å². The molecule has 110 valence electrons. The number of ether oxygens (including phenoxy) is 1. The third-order valence-corrected chi connectivity index (χ3v) is 2.90. The highest BCUT2D eigenvalue weighted by Crippen LogP contribution is 2.22. The molecule has 2 aromatic rings. The molecule has 0 saturated heterocycles. The van der Waals surface area contributed by atoms with Crippen LogP contribution in [0.5, 0.6) is 5.75 Å². The maximum Gasteiger partial charge on any atom is 0.258 e. The van der Waals surface area contributed by atoms with Crippen LogP contribution in [0.2, 0.25) is 0 Å². The molecular formula is C16H16FNO3. The molecule has 2 rings (SSSR count). The summed E-state index contributed by atoms with van der Waals surface area (Å²) in [5.41, 5.74) is 1.28. The van der Waals surface area contributed by atoms with Crippen molar-refractivity contribution in [3.05, 3.63) is 65.5 Å². The number of nitrogens with one attached hydrogen (secondary N) is 1. The molecule has 1 amide bonds. The third-order valence-electron chi connectivity index (χ3n) is 2.90. The molecule has 21 heavy (non-hydrogen) atoms. The van der Waals surface area contributed by atoms with E-state index in [1.54, 1.807) is 6.07 Å². The summed E-state index contributed by atoms with van der Waals surface area (Å²) in [6.07, 6.45) is 0. The van der Waals surface area contributed by atoms with Gasteiger partial charge in [-0.2, -0.15) is 0 Å². The Kier molecular flexibility index (Phi) is 5.29. The van der Waals surface area contributed by atoms with Gasteiger partial charge in [0.1, 0.15) is 0 Å². The zero-order valence-corrected chi connectivity index (χ0v) is 11.4. The first kappa shape index (κ1) is 15.0. The van der Waals surface area contributed by atoms with Gasteiger partial charge in [-0.15, -0.1) is 0 Å². The first-order valence-corrected chi connectivity index (χ1v) is 6.52. The van der Waals surface area contributed by atoms with E-state index in [0.29, 0.717) is 12.1 Å². The molecule has 0 spiro atoms. The summed E-state index contributed by atoms with van der Waals surface area (Å²) in [6, 6.07) is 13.7. The molecule has 5 heteroatoms. The van der Waals surface area contributed by atoms with Crippen LogP contribution >= 0.6 is 0 Å². The van der Waals surface area contributed by atoms with Crippen LogP contribution in [0.1, 0.15) is 11.1 Å². The number of amides is 1. The Morgan fingerprint density at radius 3 is 2.62 bits per heavy atom. The Balaban J connectivity index is 1.87. The zero-order valence-electron chi connectivity index (χ0n) is 11.4. The topological polar surface area (TPSA) is 58.6 Å². The zero-order chi connectivity index (χ0) is 15.1. The van der Waals surface area contributed by atoms with Gasteiger partial charge < -0.3 is 15.2 Å². The van der Waals surface area contributed by atoms with Gasteiger partial charge in [0.05, 0.1) is 6.61 Å². The molecule has 0 heterocycles. The second-order valence-corrected chi connectivity index (χ2v) is 4.44. The van der Waals surface area contributed by atoms with Gasteiger partial charge in [0.15, 0.2) is 18.2 Å². The van der Waals surface area contributed by atoms with E-state index in [4.69, 9.17) is 9.84 Å². The second kappa shape index (κ2) is 7.40. The van der Waals surface area contributed by atoms with Crippen LogP contribution in [-0.4, -0.2) is 17.6 Å². The number of hydrogen-bond donors (Lipinski definition) is 2. The molecule has 0 aliphatic heterocycles. The molecule has 0 fully saturated rings. The summed E-state index contributed by atoms with van der Waals surface area (Å²) in [5.74, 6) is -1.04. The Morgan fingerprint density at radius 2 is 1.90 bits per heavy atom. The van der Waals surface area contributed by atoms with Crippen molar-refractivity contribution in [1.29, 1.82) is 0 Å². The van der Waals surface area contributed by atoms with E-state index < -0.39 is 5.82 Å². The lowest BCUT2D eigenvalue weighted by atomic mass is 10.2. The maximum absolute atomic E-state index is 13.6. The Labute approximate surface area is 122 Å². The fourth-order valence-corrected chi connectivity index (χ4v) is 1.82. The quantitative estimate of drug-likeness (QED) is 0.855. The van der Waals surface area contributed by atoms with Gasteiger partial charge in [-0.1, -0.05) is 42.5 Å². The molecule has 0 atom stereocenters. The highest BCUT2D eigenvalue weighted by molar-refractivity contribution is 5.77. The van der Waals surface area contributed by atoms with Crippen LogP contribution in [0, 0.1) is 5.82 Å². The van der Waals surface area contributed by atoms with E-state index in [1.165, 1.54) is 12.1 Å². The fourth-order valence-electron chi connectivity index (χ4n) is 1.82. The number of benzene rings is 2. The van der Waals surface area contributed by atoms with Crippen LogP contribution in [0.3, 0.4) is 0 Å². The van der Waals surface area contributed by atoms with Gasteiger partial charge in [0.2, 0.25) is 0 Å². The average molecular weight is 289 g/mol. The van der Waals surface area contributed by atoms with E-state index in [9.17, 15) is 9.18 Å². The molecule has 2 aromatic carbocycles. The van der Waals surface area contributed by atoms with Gasteiger partial charge in [0, 0.05) is 12.1 Å². The van der Waals surface area contributed by atoms with Crippen molar-refractivity contribution in [2.75, 3.05) is 6.61 Å². The molecule has 0 aromatic heterocycles. The molecule has 0 aliphatic rings. The van der Waals surface area contributed by atoms with E-state index in [0.717, 1.165) is 5.56 Å². The van der Waals surface area contributed by atoms with Crippen LogP contribution in [0.4, 0.5) is 4.39 Å². The number of aliphatic hydroxyl groups excluding tert-OH is 1. The minimum Gasteiger partial charge on any atom is -0.480 e. The lowest BCUT2D eigenvalue weighted by molar-refractivity contribution is -0.123. The summed E-state index contributed by atoms with van der Waals surface area (Å²) in [5, 5.41) is 11.8. The standard InChI is InChI=1S/C16H16FNO3/c17-14-8-4-7-13(10-19)16(14)21-11-15(20)18-9-12-5-2-1-3-6-12/h1-8,19H,9-11H2,(H,18,20). The SMILES string of the molecule is O=C(COc1c(F)cccc1CO)NCc1ccccc1. The van der Waals surface area contributed by atoms with E-state index in [-0.39, 0.29) is 24.9 Å². The molecule has 0 unspecified atom stereocenters. The van der Waals surface area contributed by atoms with Gasteiger partial charge in [-0.25, -0.2) is 4.39 Å². The predicted molar refractivity (Wildman–Crippen MR) is 76.1 cm³/mol. The number of aliphatic hydroxyl groups is 1. The van der Waals surface area contributed by atoms with Gasteiger partial charge in [0.25, 0.3) is 5.91 Å². The van der Waals surface area contributed by atoms with E-state index in [1.807, 2.05) is 30.3 Å². The Morgan fingerprint density at radius 1 is 1.14 bits per heavy atom. The average Bonchev–Trinajstić information content (AvgIpc) is 2.52. The first-order chi connectivity index (χ1) is 10.2. The number of halogens is 1. The monoisotopic (exact) mass is 289 g/mol. The number of hydrogen-bond acceptors (Lipinski definition) is 3. The highest BCUT2D eigenvalue weighted by atomic mass is 19.1. The summed E-state index contributed by atoms with van der Waals surface area (Å²) < 4.78 is 18.7. The maximum atomic E-state index is 13.6. The molecule has 0 saturated carbocycles. The van der Waals surface area contributed by atoms with Crippen molar-refractivity contribution >= 4 is 5.91 Å². The lowest BCUT2D eigenvalue weighted by Gasteiger charge is -2.11. The van der Waals surface area contributed by atoms with Crippen molar-refractivity contribution in [2.45, 2.75) is 13.2 Å². The minimum absolute atomic E-state index is 0.0881. The largest absolute Gasteiger partial charge is 0.480 e. The van der Waals surface area contributed by atoms with Crippen molar-refractivity contribution in [2.24, 2.45) is 0 Å². The van der Waals surface area contributed by atoms with Crippen molar-refractivity contribution in [1.82, 2.24) is 5.32 Å². The number of para-hydroxylation sites is 1. The van der Waals surface area contributed by atoms with Crippen LogP contribution in [0.25, 0.3) is 0 Å². The first-order valence-electron chi connectivity index (χ1n) is 6.52. The Bertz CT molecular complexity index is 602. The number of rotatable bonds is 6. The summed E-state index contributed by atoms with van der Waals surface area (Å²) in [6.45, 7) is -0.271. The van der Waals surface area contributed by atoms with Gasteiger partial charge >= 0.3 is 0 Å². The number of carbonyl (C=O) groups is 1. The summed E-state index contributed by atoms with van der Waals surface area (Å²) in [4.78, 5) is 11.7. The van der Waals surface area contributed by atoms with Gasteiger partial charge in [-0.3, -0.25) is 4.79 Å². The van der Waals surface area contributed by atoms with Crippen LogP contribution in [0.15, 0.2) is 48.5 Å². The predicted octanol–water partition coefficient (Wildman–Crippen LogP) is 2.01. The van der Waals surface area contributed by atoms with Crippen molar-refractivity contribution < 1.29 is 19.0 Å². The fraction of sp³-hybridized carbons (Fsp3) is 0.188.